The van der Waals surface area contributed by atoms with Crippen LogP contribution in [-0.4, -0.2) is 62.4 Å². The zero-order valence-corrected chi connectivity index (χ0v) is 13.9. The van der Waals surface area contributed by atoms with Crippen LogP contribution in [0.3, 0.4) is 0 Å². The Morgan fingerprint density at radius 1 is 1.43 bits per heavy atom. The fraction of sp³-hybridized carbons (Fsp3) is 0.625. The summed E-state index contributed by atoms with van der Waals surface area (Å²) in [6.45, 7) is 3.96. The Morgan fingerprint density at radius 2 is 2.30 bits per heavy atom. The minimum Gasteiger partial charge on any atom is -0.481 e. The van der Waals surface area contributed by atoms with Crippen LogP contribution < -0.4 is 15.4 Å². The van der Waals surface area contributed by atoms with E-state index in [4.69, 9.17) is 9.47 Å². The molecule has 1 aromatic heterocycles. The molecule has 2 N–H and O–H groups in total. The van der Waals surface area contributed by atoms with Crippen LogP contribution in [-0.2, 0) is 11.3 Å². The number of hydrogen-bond acceptors (Lipinski definition) is 5. The molecule has 1 aromatic rings. The van der Waals surface area contributed by atoms with E-state index >= 15 is 0 Å². The van der Waals surface area contributed by atoms with Crippen molar-refractivity contribution in [2.24, 2.45) is 0 Å². The number of nitrogens with one attached hydrogen (secondary N) is 2. The topological polar surface area (TPSA) is 75.7 Å². The summed E-state index contributed by atoms with van der Waals surface area (Å²) in [5.74, 6) is 0.625. The van der Waals surface area contributed by atoms with Crippen molar-refractivity contribution in [3.63, 3.8) is 0 Å². The molecule has 0 saturated carbocycles. The molecule has 7 nitrogen and oxygen atoms in total. The van der Waals surface area contributed by atoms with Crippen LogP contribution in [0.2, 0.25) is 0 Å². The van der Waals surface area contributed by atoms with Crippen LogP contribution in [0.15, 0.2) is 18.3 Å². The summed E-state index contributed by atoms with van der Waals surface area (Å²) in [5, 5.41) is 5.87. The maximum Gasteiger partial charge on any atom is 0.315 e. The Bertz CT molecular complexity index is 481. The number of methoxy groups -OCH3 is 2. The first-order chi connectivity index (χ1) is 11.2. The van der Waals surface area contributed by atoms with E-state index in [9.17, 15) is 4.79 Å². The van der Waals surface area contributed by atoms with Crippen molar-refractivity contribution in [3.05, 3.63) is 23.9 Å². The SMILES string of the molecule is COCCCNC(=O)N[C@@H]1CCN(Cc2ccc(OC)nc2)C1. The first kappa shape index (κ1) is 17.5. The van der Waals surface area contributed by atoms with Crippen molar-refractivity contribution in [2.75, 3.05) is 40.5 Å². The van der Waals surface area contributed by atoms with Gasteiger partial charge in [0.25, 0.3) is 0 Å². The summed E-state index contributed by atoms with van der Waals surface area (Å²) in [4.78, 5) is 18.3. The van der Waals surface area contributed by atoms with E-state index in [0.29, 0.717) is 19.0 Å². The molecule has 0 unspecified atom stereocenters. The second-order valence-electron chi connectivity index (χ2n) is 5.68. The Morgan fingerprint density at radius 3 is 3.00 bits per heavy atom. The smallest absolute Gasteiger partial charge is 0.315 e. The first-order valence-corrected chi connectivity index (χ1v) is 7.96. The average molecular weight is 322 g/mol. The van der Waals surface area contributed by atoms with Gasteiger partial charge in [-0.3, -0.25) is 4.90 Å². The predicted molar refractivity (Wildman–Crippen MR) is 87.5 cm³/mol. The molecule has 128 valence electrons. The van der Waals surface area contributed by atoms with Crippen molar-refractivity contribution in [2.45, 2.75) is 25.4 Å². The van der Waals surface area contributed by atoms with E-state index in [1.54, 1.807) is 14.2 Å². The zero-order chi connectivity index (χ0) is 16.5. The van der Waals surface area contributed by atoms with E-state index < -0.39 is 0 Å². The number of pyridine rings is 1. The number of amides is 2. The second kappa shape index (κ2) is 9.32. The Kier molecular flexibility index (Phi) is 7.09. The van der Waals surface area contributed by atoms with E-state index in [1.165, 1.54) is 0 Å². The summed E-state index contributed by atoms with van der Waals surface area (Å²) in [7, 11) is 3.27. The molecule has 1 saturated heterocycles. The summed E-state index contributed by atoms with van der Waals surface area (Å²) in [6.07, 6.45) is 3.63. The van der Waals surface area contributed by atoms with Gasteiger partial charge in [-0.15, -0.1) is 0 Å². The monoisotopic (exact) mass is 322 g/mol. The standard InChI is InChI=1S/C16H26N4O3/c1-22-9-3-7-17-16(21)19-14-6-8-20(12-14)11-13-4-5-15(23-2)18-10-13/h4-5,10,14H,3,6-9,11-12H2,1-2H3,(H2,17,19,21)/t14-/m1/s1. The van der Waals surface area contributed by atoms with Crippen LogP contribution in [0.25, 0.3) is 0 Å². The lowest BCUT2D eigenvalue weighted by atomic mass is 10.2. The van der Waals surface area contributed by atoms with E-state index in [0.717, 1.165) is 38.0 Å². The number of carbonyl (C=O) groups excluding carboxylic acids is 1. The number of likely N-dealkylation sites (tertiary alicyclic amines) is 1. The normalized spacial score (nSPS) is 17.9. The molecular formula is C16H26N4O3. The molecular weight excluding hydrogens is 296 g/mol. The maximum absolute atomic E-state index is 11.8. The van der Waals surface area contributed by atoms with Gasteiger partial charge in [0, 0.05) is 58.2 Å². The number of urea groups is 1. The van der Waals surface area contributed by atoms with Crippen LogP contribution in [0.4, 0.5) is 4.79 Å². The van der Waals surface area contributed by atoms with Gasteiger partial charge in [-0.1, -0.05) is 6.07 Å². The number of nitrogens with zero attached hydrogens (tertiary/aromatic N) is 2. The molecule has 2 amide bonds. The molecule has 1 fully saturated rings. The molecule has 7 heteroatoms. The van der Waals surface area contributed by atoms with Crippen LogP contribution in [0, 0.1) is 0 Å². The molecule has 0 bridgehead atoms. The van der Waals surface area contributed by atoms with Gasteiger partial charge in [0.1, 0.15) is 0 Å². The number of hydrogen-bond donors (Lipinski definition) is 2. The fourth-order valence-electron chi connectivity index (χ4n) is 2.63. The second-order valence-corrected chi connectivity index (χ2v) is 5.68. The minimum atomic E-state index is -0.0981. The minimum absolute atomic E-state index is 0.0981. The Balaban J connectivity index is 1.67. The molecule has 0 aromatic carbocycles. The summed E-state index contributed by atoms with van der Waals surface area (Å²) < 4.78 is 10.0. The highest BCUT2D eigenvalue weighted by atomic mass is 16.5. The Hall–Kier alpha value is -1.86. The third-order valence-corrected chi connectivity index (χ3v) is 3.83. The van der Waals surface area contributed by atoms with Gasteiger partial charge in [-0.2, -0.15) is 0 Å². The number of carbonyl (C=O) groups is 1. The summed E-state index contributed by atoms with van der Waals surface area (Å²) >= 11 is 0. The predicted octanol–water partition coefficient (Wildman–Crippen LogP) is 1.00. The molecule has 0 aliphatic carbocycles. The van der Waals surface area contributed by atoms with E-state index in [1.807, 2.05) is 18.3 Å². The third-order valence-electron chi connectivity index (χ3n) is 3.83. The number of rotatable bonds is 8. The van der Waals surface area contributed by atoms with Gasteiger partial charge < -0.3 is 20.1 Å². The molecule has 1 atom stereocenters. The van der Waals surface area contributed by atoms with Crippen molar-refractivity contribution < 1.29 is 14.3 Å². The molecule has 2 heterocycles. The highest BCUT2D eigenvalue weighted by Gasteiger charge is 2.23. The molecule has 23 heavy (non-hydrogen) atoms. The zero-order valence-electron chi connectivity index (χ0n) is 13.9. The van der Waals surface area contributed by atoms with Gasteiger partial charge in [-0.25, -0.2) is 9.78 Å². The third kappa shape index (κ3) is 6.03. The molecule has 2 rings (SSSR count). The van der Waals surface area contributed by atoms with Crippen LogP contribution >= 0.6 is 0 Å². The molecule has 1 aliphatic heterocycles. The average Bonchev–Trinajstić information content (AvgIpc) is 2.99. The van der Waals surface area contributed by atoms with Gasteiger partial charge in [-0.05, 0) is 18.4 Å². The van der Waals surface area contributed by atoms with Crippen molar-refractivity contribution in [1.29, 1.82) is 0 Å². The molecule has 0 radical (unpaired) electrons. The van der Waals surface area contributed by atoms with Crippen molar-refractivity contribution in [3.8, 4) is 5.88 Å². The lowest BCUT2D eigenvalue weighted by molar-refractivity contribution is 0.193. The summed E-state index contributed by atoms with van der Waals surface area (Å²) in [5.41, 5.74) is 1.15. The molecule has 1 aliphatic rings. The lowest BCUT2D eigenvalue weighted by Crippen LogP contribution is -2.43. The largest absolute Gasteiger partial charge is 0.481 e. The van der Waals surface area contributed by atoms with Gasteiger partial charge >= 0.3 is 6.03 Å². The quantitative estimate of drug-likeness (QED) is 0.698. The van der Waals surface area contributed by atoms with Gasteiger partial charge in [0.2, 0.25) is 5.88 Å². The Labute approximate surface area is 137 Å². The highest BCUT2D eigenvalue weighted by molar-refractivity contribution is 5.74. The van der Waals surface area contributed by atoms with Crippen LogP contribution in [0.5, 0.6) is 5.88 Å². The maximum atomic E-state index is 11.8. The molecule has 0 spiro atoms. The first-order valence-electron chi connectivity index (χ1n) is 7.96. The number of ether oxygens (including phenoxy) is 2. The van der Waals surface area contributed by atoms with Crippen molar-refractivity contribution >= 4 is 6.03 Å². The van der Waals surface area contributed by atoms with Gasteiger partial charge in [0.15, 0.2) is 0 Å². The van der Waals surface area contributed by atoms with Crippen LogP contribution in [0.1, 0.15) is 18.4 Å². The fourth-order valence-corrected chi connectivity index (χ4v) is 2.63. The van der Waals surface area contributed by atoms with E-state index in [2.05, 4.69) is 20.5 Å². The highest BCUT2D eigenvalue weighted by Crippen LogP contribution is 2.14. The van der Waals surface area contributed by atoms with Gasteiger partial charge in [0.05, 0.1) is 7.11 Å². The summed E-state index contributed by atoms with van der Waals surface area (Å²) in [6, 6.07) is 3.99. The lowest BCUT2D eigenvalue weighted by Gasteiger charge is -2.17. The van der Waals surface area contributed by atoms with E-state index in [-0.39, 0.29) is 12.1 Å². The number of aromatic nitrogens is 1. The van der Waals surface area contributed by atoms with Crippen molar-refractivity contribution in [1.82, 2.24) is 20.5 Å².